The Morgan fingerprint density at radius 1 is 1.29 bits per heavy atom. The Morgan fingerprint density at radius 3 is 2.52 bits per heavy atom. The molecule has 0 spiro atoms. The van der Waals surface area contributed by atoms with Crippen molar-refractivity contribution in [2.45, 2.75) is 44.6 Å². The average Bonchev–Trinajstić information content (AvgIpc) is 2.48. The first-order chi connectivity index (χ1) is 9.94. The molecule has 116 valence electrons. The van der Waals surface area contributed by atoms with Gasteiger partial charge in [-0.15, -0.1) is 0 Å². The fraction of sp³-hybridized carbons (Fsp3) is 0.588. The lowest BCUT2D eigenvalue weighted by atomic mass is 9.80. The van der Waals surface area contributed by atoms with Gasteiger partial charge < -0.3 is 16.0 Å². The summed E-state index contributed by atoms with van der Waals surface area (Å²) in [6, 6.07) is 5.49. The molecule has 1 aliphatic carbocycles. The molecule has 1 aromatic rings. The minimum atomic E-state index is -0.0338. The molecule has 0 heterocycles. The van der Waals surface area contributed by atoms with Crippen LogP contribution < -0.4 is 11.1 Å². The Balaban J connectivity index is 2.03. The molecule has 1 aromatic carbocycles. The van der Waals surface area contributed by atoms with E-state index < -0.39 is 0 Å². The minimum absolute atomic E-state index is 0.0338. The van der Waals surface area contributed by atoms with Gasteiger partial charge in [-0.05, 0) is 51.6 Å². The van der Waals surface area contributed by atoms with Gasteiger partial charge in [-0.3, -0.25) is 4.79 Å². The maximum Gasteiger partial charge on any atom is 0.251 e. The third kappa shape index (κ3) is 3.56. The van der Waals surface area contributed by atoms with Crippen molar-refractivity contribution in [3.8, 4) is 0 Å². The van der Waals surface area contributed by atoms with Crippen LogP contribution in [0.15, 0.2) is 18.2 Å². The summed E-state index contributed by atoms with van der Waals surface area (Å²) in [6.45, 7) is 2.65. The van der Waals surface area contributed by atoms with Gasteiger partial charge in [0, 0.05) is 23.3 Å². The van der Waals surface area contributed by atoms with Crippen LogP contribution >= 0.6 is 0 Å². The van der Waals surface area contributed by atoms with Gasteiger partial charge in [0.1, 0.15) is 0 Å². The maximum absolute atomic E-state index is 12.3. The van der Waals surface area contributed by atoms with E-state index in [1.54, 1.807) is 6.07 Å². The zero-order chi connectivity index (χ0) is 15.5. The summed E-state index contributed by atoms with van der Waals surface area (Å²) in [5.74, 6) is -0.0338. The molecule has 1 fully saturated rings. The van der Waals surface area contributed by atoms with Gasteiger partial charge in [-0.2, -0.15) is 0 Å². The van der Waals surface area contributed by atoms with Crippen molar-refractivity contribution in [2.24, 2.45) is 0 Å². The van der Waals surface area contributed by atoms with Gasteiger partial charge in [0.2, 0.25) is 0 Å². The molecule has 21 heavy (non-hydrogen) atoms. The van der Waals surface area contributed by atoms with Crippen molar-refractivity contribution >= 4 is 11.6 Å². The number of carbonyl (C=O) groups is 1. The number of hydrogen-bond donors (Lipinski definition) is 2. The third-order valence-electron chi connectivity index (χ3n) is 4.85. The van der Waals surface area contributed by atoms with E-state index in [0.29, 0.717) is 17.8 Å². The number of rotatable bonds is 4. The molecule has 2 rings (SSSR count). The van der Waals surface area contributed by atoms with E-state index in [-0.39, 0.29) is 11.4 Å². The Labute approximate surface area is 127 Å². The standard InChI is InChI=1S/C17H27N3O/c1-13-7-8-14(11-15(13)18)16(21)19-12-17(20(2)3)9-5-4-6-10-17/h7-8,11H,4-6,9-10,12,18H2,1-3H3,(H,19,21). The number of benzene rings is 1. The van der Waals surface area contributed by atoms with Crippen LogP contribution in [-0.4, -0.2) is 37.0 Å². The third-order valence-corrected chi connectivity index (χ3v) is 4.85. The van der Waals surface area contributed by atoms with Gasteiger partial charge in [-0.25, -0.2) is 0 Å². The number of amides is 1. The predicted molar refractivity (Wildman–Crippen MR) is 87.4 cm³/mol. The van der Waals surface area contributed by atoms with Gasteiger partial charge in [0.05, 0.1) is 0 Å². The summed E-state index contributed by atoms with van der Waals surface area (Å²) < 4.78 is 0. The van der Waals surface area contributed by atoms with Crippen LogP contribution in [0.25, 0.3) is 0 Å². The lowest BCUT2D eigenvalue weighted by Crippen LogP contribution is -2.53. The number of nitrogens with two attached hydrogens (primary N) is 1. The van der Waals surface area contributed by atoms with Crippen LogP contribution in [0.1, 0.15) is 48.0 Å². The average molecular weight is 289 g/mol. The summed E-state index contributed by atoms with van der Waals surface area (Å²) in [5, 5.41) is 3.10. The number of hydrogen-bond acceptors (Lipinski definition) is 3. The molecule has 1 saturated carbocycles. The van der Waals surface area contributed by atoms with Gasteiger partial charge >= 0.3 is 0 Å². The van der Waals surface area contributed by atoms with Gasteiger partial charge in [0.25, 0.3) is 5.91 Å². The molecule has 0 aliphatic heterocycles. The second-order valence-electron chi connectivity index (χ2n) is 6.43. The van der Waals surface area contributed by atoms with E-state index in [1.807, 2.05) is 19.1 Å². The van der Waals surface area contributed by atoms with Crippen LogP contribution in [0.3, 0.4) is 0 Å². The van der Waals surface area contributed by atoms with Crippen molar-refractivity contribution in [3.05, 3.63) is 29.3 Å². The zero-order valence-electron chi connectivity index (χ0n) is 13.4. The van der Waals surface area contributed by atoms with Crippen LogP contribution in [0.2, 0.25) is 0 Å². The number of likely N-dealkylation sites (N-methyl/N-ethyl adjacent to an activating group) is 1. The van der Waals surface area contributed by atoms with Crippen molar-refractivity contribution in [2.75, 3.05) is 26.4 Å². The molecule has 4 nitrogen and oxygen atoms in total. The molecule has 0 bridgehead atoms. The first-order valence-corrected chi connectivity index (χ1v) is 7.76. The molecule has 4 heteroatoms. The molecule has 0 unspecified atom stereocenters. The summed E-state index contributed by atoms with van der Waals surface area (Å²) in [4.78, 5) is 14.6. The number of aryl methyl sites for hydroxylation is 1. The molecule has 1 aliphatic rings. The number of anilines is 1. The fourth-order valence-electron chi connectivity index (χ4n) is 3.12. The van der Waals surface area contributed by atoms with Crippen LogP contribution in [0.5, 0.6) is 0 Å². The van der Waals surface area contributed by atoms with Gasteiger partial charge in [0.15, 0.2) is 0 Å². The van der Waals surface area contributed by atoms with Crippen LogP contribution in [0.4, 0.5) is 5.69 Å². The van der Waals surface area contributed by atoms with E-state index >= 15 is 0 Å². The molecular weight excluding hydrogens is 262 g/mol. The number of nitrogens with zero attached hydrogens (tertiary/aromatic N) is 1. The molecule has 1 amide bonds. The second kappa shape index (κ2) is 6.48. The highest BCUT2D eigenvalue weighted by Crippen LogP contribution is 2.31. The quantitative estimate of drug-likeness (QED) is 0.838. The predicted octanol–water partition coefficient (Wildman–Crippen LogP) is 2.57. The van der Waals surface area contributed by atoms with Gasteiger partial charge in [-0.1, -0.05) is 25.3 Å². The van der Waals surface area contributed by atoms with E-state index in [1.165, 1.54) is 19.3 Å². The van der Waals surface area contributed by atoms with Crippen molar-refractivity contribution in [1.29, 1.82) is 0 Å². The largest absolute Gasteiger partial charge is 0.398 e. The number of nitrogen functional groups attached to an aromatic ring is 1. The SMILES string of the molecule is Cc1ccc(C(=O)NCC2(N(C)C)CCCCC2)cc1N. The van der Waals surface area contributed by atoms with E-state index in [0.717, 1.165) is 18.4 Å². The van der Waals surface area contributed by atoms with E-state index in [9.17, 15) is 4.79 Å². The Hall–Kier alpha value is -1.55. The highest BCUT2D eigenvalue weighted by molar-refractivity contribution is 5.95. The summed E-state index contributed by atoms with van der Waals surface area (Å²) >= 11 is 0. The minimum Gasteiger partial charge on any atom is -0.398 e. The lowest BCUT2D eigenvalue weighted by molar-refractivity contribution is 0.0799. The van der Waals surface area contributed by atoms with Crippen molar-refractivity contribution < 1.29 is 4.79 Å². The smallest absolute Gasteiger partial charge is 0.251 e. The van der Waals surface area contributed by atoms with Crippen LogP contribution in [-0.2, 0) is 0 Å². The first-order valence-electron chi connectivity index (χ1n) is 7.76. The summed E-state index contributed by atoms with van der Waals surface area (Å²) in [6.07, 6.45) is 6.09. The highest BCUT2D eigenvalue weighted by atomic mass is 16.1. The zero-order valence-corrected chi connectivity index (χ0v) is 13.4. The highest BCUT2D eigenvalue weighted by Gasteiger charge is 2.34. The van der Waals surface area contributed by atoms with Crippen molar-refractivity contribution in [3.63, 3.8) is 0 Å². The van der Waals surface area contributed by atoms with E-state index in [4.69, 9.17) is 5.73 Å². The lowest BCUT2D eigenvalue weighted by Gasteiger charge is -2.43. The number of nitrogens with one attached hydrogen (secondary N) is 1. The molecule has 3 N–H and O–H groups in total. The molecule has 0 saturated heterocycles. The van der Waals surface area contributed by atoms with E-state index in [2.05, 4.69) is 24.3 Å². The molecular formula is C17H27N3O. The monoisotopic (exact) mass is 289 g/mol. The summed E-state index contributed by atoms with van der Waals surface area (Å²) in [7, 11) is 4.22. The molecule has 0 aromatic heterocycles. The topological polar surface area (TPSA) is 58.4 Å². The maximum atomic E-state index is 12.3. The van der Waals surface area contributed by atoms with Crippen LogP contribution in [0, 0.1) is 6.92 Å². The second-order valence-corrected chi connectivity index (χ2v) is 6.43. The Morgan fingerprint density at radius 2 is 1.95 bits per heavy atom. The molecule has 0 atom stereocenters. The van der Waals surface area contributed by atoms with Crippen molar-refractivity contribution in [1.82, 2.24) is 10.2 Å². The Kier molecular flexibility index (Phi) is 4.88. The normalized spacial score (nSPS) is 17.7. The fourth-order valence-corrected chi connectivity index (χ4v) is 3.12. The summed E-state index contributed by atoms with van der Waals surface area (Å²) in [5.41, 5.74) is 8.30. The molecule has 0 radical (unpaired) electrons. The number of carbonyl (C=O) groups excluding carboxylic acids is 1. The first kappa shape index (κ1) is 15.8. The Bertz CT molecular complexity index is 505.